The summed E-state index contributed by atoms with van der Waals surface area (Å²) < 4.78 is 39.8. The van der Waals surface area contributed by atoms with E-state index in [1.807, 2.05) is 0 Å². The van der Waals surface area contributed by atoms with Crippen molar-refractivity contribution in [2.24, 2.45) is 22.7 Å². The number of carbonyl (C=O) groups is 4. The molecular formula is C37H36FNO9. The zero-order chi connectivity index (χ0) is 34.5. The third-order valence-corrected chi connectivity index (χ3v) is 11.0. The van der Waals surface area contributed by atoms with Gasteiger partial charge in [-0.15, -0.1) is 0 Å². The molecule has 10 nitrogen and oxygen atoms in total. The van der Waals surface area contributed by atoms with E-state index in [2.05, 4.69) is 0 Å². The molecule has 2 aromatic rings. The lowest BCUT2D eigenvalue weighted by Gasteiger charge is -2.62. The number of ether oxygens (including phenoxy) is 4. The predicted molar refractivity (Wildman–Crippen MR) is 167 cm³/mol. The van der Waals surface area contributed by atoms with E-state index in [1.54, 1.807) is 62.4 Å². The molecular weight excluding hydrogens is 621 g/mol. The molecule has 2 aromatic carbocycles. The van der Waals surface area contributed by atoms with Crippen molar-refractivity contribution in [3.63, 3.8) is 0 Å². The van der Waals surface area contributed by atoms with Crippen LogP contribution in [-0.4, -0.2) is 52.8 Å². The maximum atomic E-state index is 17.6. The Hall–Kier alpha value is -4.82. The van der Waals surface area contributed by atoms with Crippen LogP contribution in [0.4, 0.5) is 4.39 Å². The third-order valence-electron chi connectivity index (χ3n) is 11.0. The first-order valence-electron chi connectivity index (χ1n) is 15.9. The summed E-state index contributed by atoms with van der Waals surface area (Å²) in [6, 6.07) is 14.2. The Morgan fingerprint density at radius 1 is 1.00 bits per heavy atom. The Kier molecular flexibility index (Phi) is 8.28. The predicted octanol–water partition coefficient (Wildman–Crippen LogP) is 5.74. The van der Waals surface area contributed by atoms with Crippen LogP contribution in [-0.2, 0) is 23.9 Å². The van der Waals surface area contributed by atoms with Gasteiger partial charge in [-0.1, -0.05) is 18.6 Å². The molecule has 0 aromatic heterocycles. The van der Waals surface area contributed by atoms with E-state index < -0.39 is 64.6 Å². The molecule has 4 aliphatic carbocycles. The molecule has 6 rings (SSSR count). The molecule has 11 heteroatoms. The second-order valence-corrected chi connectivity index (χ2v) is 13.4. The molecule has 0 heterocycles. The van der Waals surface area contributed by atoms with Crippen LogP contribution in [0.25, 0.3) is 0 Å². The average Bonchev–Trinajstić information content (AvgIpc) is 3.33. The second-order valence-electron chi connectivity index (χ2n) is 13.4. The number of hydrogen-bond donors (Lipinski definition) is 1. The van der Waals surface area contributed by atoms with E-state index in [0.717, 1.165) is 0 Å². The third kappa shape index (κ3) is 5.10. The van der Waals surface area contributed by atoms with Gasteiger partial charge in [-0.25, -0.2) is 14.0 Å². The molecule has 0 aliphatic heterocycles. The number of hydrogen-bond acceptors (Lipinski definition) is 10. The van der Waals surface area contributed by atoms with Crippen molar-refractivity contribution in [2.45, 2.75) is 70.2 Å². The first-order chi connectivity index (χ1) is 22.8. The molecule has 250 valence electrons. The summed E-state index contributed by atoms with van der Waals surface area (Å²) >= 11 is 0. The molecule has 0 saturated heterocycles. The maximum Gasteiger partial charge on any atom is 0.352 e. The number of aliphatic hydroxyl groups excluding tert-OH is 1. The molecule has 0 unspecified atom stereocenters. The van der Waals surface area contributed by atoms with Gasteiger partial charge in [-0.2, -0.15) is 5.26 Å². The number of nitriles is 1. The molecule has 0 radical (unpaired) electrons. The van der Waals surface area contributed by atoms with Crippen molar-refractivity contribution >= 4 is 23.7 Å². The number of alkyl halides is 1. The minimum Gasteiger partial charge on any atom is -0.457 e. The van der Waals surface area contributed by atoms with Crippen LogP contribution in [0.5, 0.6) is 17.2 Å². The van der Waals surface area contributed by atoms with E-state index in [0.29, 0.717) is 42.1 Å². The van der Waals surface area contributed by atoms with Crippen molar-refractivity contribution in [2.75, 3.05) is 6.61 Å². The zero-order valence-corrected chi connectivity index (χ0v) is 26.9. The van der Waals surface area contributed by atoms with Gasteiger partial charge in [0.1, 0.15) is 23.3 Å². The van der Waals surface area contributed by atoms with E-state index in [9.17, 15) is 29.5 Å². The van der Waals surface area contributed by atoms with Gasteiger partial charge in [0.25, 0.3) is 0 Å². The Balaban J connectivity index is 1.27. The summed E-state index contributed by atoms with van der Waals surface area (Å²) in [6.45, 7) is 4.16. The van der Waals surface area contributed by atoms with Crippen molar-refractivity contribution in [3.05, 3.63) is 77.9 Å². The number of halogens is 1. The Bertz CT molecular complexity index is 1760. The molecule has 3 fully saturated rings. The lowest BCUT2D eigenvalue weighted by Crippen LogP contribution is -2.69. The summed E-state index contributed by atoms with van der Waals surface area (Å²) in [7, 11) is 0. The molecule has 1 N–H and O–H groups in total. The molecule has 0 bridgehead atoms. The van der Waals surface area contributed by atoms with Crippen LogP contribution >= 0.6 is 0 Å². The normalized spacial score (nSPS) is 33.2. The second kappa shape index (κ2) is 12.0. The number of esters is 3. The van der Waals surface area contributed by atoms with Crippen molar-refractivity contribution in [3.8, 4) is 23.3 Å². The van der Waals surface area contributed by atoms with Crippen LogP contribution < -0.4 is 9.47 Å². The molecule has 0 spiro atoms. The molecule has 7 atom stereocenters. The summed E-state index contributed by atoms with van der Waals surface area (Å²) in [5, 5.41) is 20.9. The van der Waals surface area contributed by atoms with Gasteiger partial charge < -0.3 is 24.1 Å². The van der Waals surface area contributed by atoms with Gasteiger partial charge in [0, 0.05) is 23.7 Å². The lowest BCUT2D eigenvalue weighted by atomic mass is 9.45. The Labute approximate surface area is 277 Å². The highest BCUT2D eigenvalue weighted by molar-refractivity contribution is 6.01. The molecule has 3 saturated carbocycles. The highest BCUT2D eigenvalue weighted by Gasteiger charge is 2.76. The highest BCUT2D eigenvalue weighted by Crippen LogP contribution is 2.70. The number of rotatable bonds is 7. The number of ketones is 1. The van der Waals surface area contributed by atoms with E-state index in [-0.39, 0.29) is 24.2 Å². The zero-order valence-electron chi connectivity index (χ0n) is 26.9. The fraction of sp³-hybridized carbons (Fsp3) is 0.432. The molecule has 48 heavy (non-hydrogen) atoms. The largest absolute Gasteiger partial charge is 0.457 e. The fourth-order valence-electron chi connectivity index (χ4n) is 8.71. The standard InChI is InChI=1S/C37H36FNO9/c1-22(40)46-26-9-11-28(12-10-26)47-27-7-4-23(5-8-27)32(43)48-36(33(44)45-19-18-39)17-15-29-30-13-6-24-20-25(41)14-16-34(24,2)37(30,38)31(42)21-35(29,36)3/h4-5,7-12,14,16,20,29-31,42H,6,13,15,17,19,21H2,1-3H3/t29-,30-,31-,34-,35-,36-,37-/m0/s1. The first-order valence-corrected chi connectivity index (χ1v) is 15.9. The van der Waals surface area contributed by atoms with Crippen molar-refractivity contribution in [1.82, 2.24) is 0 Å². The van der Waals surface area contributed by atoms with Crippen LogP contribution in [0.3, 0.4) is 0 Å². The van der Waals surface area contributed by atoms with Crippen LogP contribution in [0, 0.1) is 34.0 Å². The fourth-order valence-corrected chi connectivity index (χ4v) is 8.71. The van der Waals surface area contributed by atoms with Gasteiger partial charge >= 0.3 is 17.9 Å². The number of aliphatic hydroxyl groups is 1. The number of nitrogens with zero attached hydrogens (tertiary/aromatic N) is 1. The summed E-state index contributed by atoms with van der Waals surface area (Å²) in [6.07, 6.45) is 3.68. The number of fused-ring (bicyclic) bond motifs is 5. The Morgan fingerprint density at radius 2 is 1.65 bits per heavy atom. The van der Waals surface area contributed by atoms with Gasteiger partial charge in [-0.3, -0.25) is 9.59 Å². The van der Waals surface area contributed by atoms with Crippen LogP contribution in [0.2, 0.25) is 0 Å². The van der Waals surface area contributed by atoms with Crippen LogP contribution in [0.15, 0.2) is 72.3 Å². The quantitative estimate of drug-likeness (QED) is 0.289. The van der Waals surface area contributed by atoms with Gasteiger partial charge in [0.15, 0.2) is 18.1 Å². The van der Waals surface area contributed by atoms with Gasteiger partial charge in [-0.05, 0) is 106 Å². The molecule has 0 amide bonds. The first kappa shape index (κ1) is 33.1. The molecule has 4 aliphatic rings. The summed E-state index contributed by atoms with van der Waals surface area (Å²) in [5.74, 6) is -2.39. The van der Waals surface area contributed by atoms with Crippen LogP contribution in [0.1, 0.15) is 63.2 Å². The maximum absolute atomic E-state index is 17.6. The minimum absolute atomic E-state index is 0.0156. The lowest BCUT2D eigenvalue weighted by molar-refractivity contribution is -0.224. The van der Waals surface area contributed by atoms with E-state index in [4.69, 9.17) is 18.9 Å². The topological polar surface area (TPSA) is 149 Å². The summed E-state index contributed by atoms with van der Waals surface area (Å²) in [5.41, 5.74) is -5.75. The van der Waals surface area contributed by atoms with E-state index >= 15 is 4.39 Å². The number of benzene rings is 2. The minimum atomic E-state index is -2.13. The number of allylic oxidation sites excluding steroid dienone is 4. The van der Waals surface area contributed by atoms with E-state index in [1.165, 1.54) is 31.2 Å². The summed E-state index contributed by atoms with van der Waals surface area (Å²) in [4.78, 5) is 50.9. The SMILES string of the molecule is CC(=O)Oc1ccc(Oc2ccc(C(=O)O[C@]3(C(=O)OCC#N)CC[C@H]4[C@@H]5CCC6=CC(=O)C=C[C@]6(C)[C@@]5(F)[C@@H](O)C[C@@]43C)cc2)cc1. The Morgan fingerprint density at radius 3 is 2.29 bits per heavy atom. The van der Waals surface area contributed by atoms with Crippen molar-refractivity contribution in [1.29, 1.82) is 5.26 Å². The van der Waals surface area contributed by atoms with Gasteiger partial charge in [0.05, 0.1) is 11.7 Å². The average molecular weight is 658 g/mol. The smallest absolute Gasteiger partial charge is 0.352 e. The van der Waals surface area contributed by atoms with Gasteiger partial charge in [0.2, 0.25) is 5.60 Å². The highest BCUT2D eigenvalue weighted by atomic mass is 19.1. The number of carbonyl (C=O) groups excluding carboxylic acids is 4. The monoisotopic (exact) mass is 657 g/mol. The van der Waals surface area contributed by atoms with Crippen molar-refractivity contribution < 1.29 is 47.6 Å².